The SMILES string of the molecule is Cc1cc(C(=O)OCC(=O)Nc2ccccc2[N+](=O)[O-])c(C)s1. The van der Waals surface area contributed by atoms with E-state index in [9.17, 15) is 19.7 Å². The molecule has 0 aliphatic heterocycles. The first kappa shape index (κ1) is 16.6. The third-order valence-corrected chi connectivity index (χ3v) is 3.94. The van der Waals surface area contributed by atoms with Crippen LogP contribution in [0.15, 0.2) is 30.3 Å². The number of anilines is 1. The van der Waals surface area contributed by atoms with Gasteiger partial charge in [-0.2, -0.15) is 0 Å². The van der Waals surface area contributed by atoms with Crippen molar-refractivity contribution < 1.29 is 19.2 Å². The van der Waals surface area contributed by atoms with E-state index >= 15 is 0 Å². The number of nitrogens with one attached hydrogen (secondary N) is 1. The van der Waals surface area contributed by atoms with E-state index in [0.717, 1.165) is 9.75 Å². The Labute approximate surface area is 136 Å². The molecule has 0 saturated heterocycles. The third-order valence-electron chi connectivity index (χ3n) is 2.97. The van der Waals surface area contributed by atoms with Crippen LogP contribution in [0.1, 0.15) is 20.1 Å². The summed E-state index contributed by atoms with van der Waals surface area (Å²) in [5, 5.41) is 13.2. The minimum Gasteiger partial charge on any atom is -0.452 e. The van der Waals surface area contributed by atoms with Gasteiger partial charge in [-0.25, -0.2) is 4.79 Å². The smallest absolute Gasteiger partial charge is 0.339 e. The van der Waals surface area contributed by atoms with Crippen molar-refractivity contribution in [2.75, 3.05) is 11.9 Å². The second kappa shape index (κ2) is 7.01. The highest BCUT2D eigenvalue weighted by molar-refractivity contribution is 7.12. The number of esters is 1. The van der Waals surface area contributed by atoms with Gasteiger partial charge in [-0.1, -0.05) is 12.1 Å². The van der Waals surface area contributed by atoms with Crippen molar-refractivity contribution in [1.29, 1.82) is 0 Å². The molecule has 0 bridgehead atoms. The van der Waals surface area contributed by atoms with Gasteiger partial charge < -0.3 is 10.1 Å². The fourth-order valence-corrected chi connectivity index (χ4v) is 2.88. The molecule has 0 radical (unpaired) electrons. The molecule has 1 aromatic heterocycles. The molecule has 23 heavy (non-hydrogen) atoms. The van der Waals surface area contributed by atoms with E-state index in [2.05, 4.69) is 5.32 Å². The molecule has 1 heterocycles. The molecule has 0 saturated carbocycles. The van der Waals surface area contributed by atoms with Gasteiger partial charge in [0.15, 0.2) is 6.61 Å². The van der Waals surface area contributed by atoms with Gasteiger partial charge in [-0.05, 0) is 26.0 Å². The standard InChI is InChI=1S/C15H14N2O5S/c1-9-7-11(10(2)23-9)15(19)22-8-14(18)16-12-5-3-4-6-13(12)17(20)21/h3-7H,8H2,1-2H3,(H,16,18). The molecule has 0 unspecified atom stereocenters. The van der Waals surface area contributed by atoms with Crippen LogP contribution >= 0.6 is 11.3 Å². The first-order chi connectivity index (χ1) is 10.9. The number of nitro benzene ring substituents is 1. The molecule has 0 atom stereocenters. The van der Waals surface area contributed by atoms with E-state index in [0.29, 0.717) is 5.56 Å². The van der Waals surface area contributed by atoms with E-state index in [4.69, 9.17) is 4.74 Å². The number of hydrogen-bond acceptors (Lipinski definition) is 6. The fraction of sp³-hybridized carbons (Fsp3) is 0.200. The summed E-state index contributed by atoms with van der Waals surface area (Å²) in [5.74, 6) is -1.23. The predicted octanol–water partition coefficient (Wildman–Crippen LogP) is 3.07. The second-order valence-electron chi connectivity index (χ2n) is 4.73. The molecule has 0 spiro atoms. The molecule has 0 fully saturated rings. The Hall–Kier alpha value is -2.74. The average Bonchev–Trinajstić information content (AvgIpc) is 2.84. The number of benzene rings is 1. The lowest BCUT2D eigenvalue weighted by Gasteiger charge is -2.07. The molecular formula is C15H14N2O5S. The van der Waals surface area contributed by atoms with Crippen LogP contribution in [0.25, 0.3) is 0 Å². The minimum absolute atomic E-state index is 0.0566. The third kappa shape index (κ3) is 4.13. The van der Waals surface area contributed by atoms with Crippen molar-refractivity contribution in [3.8, 4) is 0 Å². The Morgan fingerprint density at radius 2 is 2.00 bits per heavy atom. The lowest BCUT2D eigenvalue weighted by Crippen LogP contribution is -2.21. The van der Waals surface area contributed by atoms with Crippen molar-refractivity contribution in [3.63, 3.8) is 0 Å². The number of nitro groups is 1. The first-order valence-electron chi connectivity index (χ1n) is 6.66. The predicted molar refractivity (Wildman–Crippen MR) is 85.8 cm³/mol. The van der Waals surface area contributed by atoms with Crippen molar-refractivity contribution >= 4 is 34.6 Å². The summed E-state index contributed by atoms with van der Waals surface area (Å²) in [6.45, 7) is 3.15. The Bertz CT molecular complexity index is 769. The molecule has 1 aromatic carbocycles. The van der Waals surface area contributed by atoms with E-state index < -0.39 is 23.4 Å². The molecule has 7 nitrogen and oxygen atoms in total. The Balaban J connectivity index is 1.97. The van der Waals surface area contributed by atoms with Gasteiger partial charge in [0.1, 0.15) is 5.69 Å². The van der Waals surface area contributed by atoms with Gasteiger partial charge in [0.25, 0.3) is 11.6 Å². The lowest BCUT2D eigenvalue weighted by molar-refractivity contribution is -0.383. The highest BCUT2D eigenvalue weighted by Gasteiger charge is 2.17. The molecule has 120 valence electrons. The molecule has 1 amide bonds. The average molecular weight is 334 g/mol. The number of nitrogens with zero attached hydrogens (tertiary/aromatic N) is 1. The van der Waals surface area contributed by atoms with Crippen LogP contribution in [-0.2, 0) is 9.53 Å². The molecule has 2 rings (SSSR count). The maximum absolute atomic E-state index is 11.9. The number of amides is 1. The van der Waals surface area contributed by atoms with Crippen LogP contribution in [-0.4, -0.2) is 23.4 Å². The van der Waals surface area contributed by atoms with E-state index in [-0.39, 0.29) is 11.4 Å². The quantitative estimate of drug-likeness (QED) is 0.515. The summed E-state index contributed by atoms with van der Waals surface area (Å²) in [5.41, 5.74) is 0.253. The molecule has 2 aromatic rings. The zero-order valence-corrected chi connectivity index (χ0v) is 13.3. The minimum atomic E-state index is -0.641. The molecule has 1 N–H and O–H groups in total. The van der Waals surface area contributed by atoms with Gasteiger partial charge in [0.2, 0.25) is 0 Å². The largest absolute Gasteiger partial charge is 0.452 e. The summed E-state index contributed by atoms with van der Waals surface area (Å²) >= 11 is 1.46. The second-order valence-corrected chi connectivity index (χ2v) is 6.19. The normalized spacial score (nSPS) is 10.2. The maximum atomic E-state index is 11.9. The van der Waals surface area contributed by atoms with E-state index in [1.54, 1.807) is 19.1 Å². The van der Waals surface area contributed by atoms with Crippen molar-refractivity contribution in [3.05, 3.63) is 55.8 Å². The monoisotopic (exact) mass is 334 g/mol. The van der Waals surface area contributed by atoms with Crippen LogP contribution in [0, 0.1) is 24.0 Å². The summed E-state index contributed by atoms with van der Waals surface area (Å²) in [6, 6.07) is 7.44. The zero-order chi connectivity index (χ0) is 17.0. The summed E-state index contributed by atoms with van der Waals surface area (Å²) < 4.78 is 4.94. The van der Waals surface area contributed by atoms with Crippen molar-refractivity contribution in [2.45, 2.75) is 13.8 Å². The summed E-state index contributed by atoms with van der Waals surface area (Å²) in [7, 11) is 0. The summed E-state index contributed by atoms with van der Waals surface area (Å²) in [4.78, 5) is 35.8. The van der Waals surface area contributed by atoms with Gasteiger partial charge in [0, 0.05) is 15.8 Å². The van der Waals surface area contributed by atoms with E-state index in [1.165, 1.54) is 29.5 Å². The molecule has 0 aliphatic rings. The Morgan fingerprint density at radius 3 is 2.61 bits per heavy atom. The van der Waals surface area contributed by atoms with Crippen LogP contribution in [0.4, 0.5) is 11.4 Å². The molecule has 0 aliphatic carbocycles. The topological polar surface area (TPSA) is 98.5 Å². The summed E-state index contributed by atoms with van der Waals surface area (Å²) in [6.07, 6.45) is 0. The number of carbonyl (C=O) groups is 2. The van der Waals surface area contributed by atoms with Gasteiger partial charge in [-0.15, -0.1) is 11.3 Å². The van der Waals surface area contributed by atoms with Crippen LogP contribution in [0.5, 0.6) is 0 Å². The number of hydrogen-bond donors (Lipinski definition) is 1. The number of carbonyl (C=O) groups excluding carboxylic acids is 2. The number of ether oxygens (including phenoxy) is 1. The van der Waals surface area contributed by atoms with Crippen LogP contribution in [0.3, 0.4) is 0 Å². The highest BCUT2D eigenvalue weighted by atomic mass is 32.1. The van der Waals surface area contributed by atoms with Gasteiger partial charge in [-0.3, -0.25) is 14.9 Å². The number of aryl methyl sites for hydroxylation is 2. The Kier molecular flexibility index (Phi) is 5.07. The van der Waals surface area contributed by atoms with Crippen molar-refractivity contribution in [2.24, 2.45) is 0 Å². The number of rotatable bonds is 5. The van der Waals surface area contributed by atoms with E-state index in [1.807, 2.05) is 6.92 Å². The van der Waals surface area contributed by atoms with Crippen LogP contribution in [0.2, 0.25) is 0 Å². The van der Waals surface area contributed by atoms with Crippen LogP contribution < -0.4 is 5.32 Å². The first-order valence-corrected chi connectivity index (χ1v) is 7.47. The van der Waals surface area contributed by atoms with Gasteiger partial charge >= 0.3 is 5.97 Å². The molecule has 8 heteroatoms. The fourth-order valence-electron chi connectivity index (χ4n) is 1.97. The van der Waals surface area contributed by atoms with Crippen molar-refractivity contribution in [1.82, 2.24) is 0 Å². The number of thiophene rings is 1. The lowest BCUT2D eigenvalue weighted by atomic mass is 10.2. The molecular weight excluding hydrogens is 320 g/mol. The zero-order valence-electron chi connectivity index (χ0n) is 12.5. The maximum Gasteiger partial charge on any atom is 0.339 e. The Morgan fingerprint density at radius 1 is 1.30 bits per heavy atom. The number of para-hydroxylation sites is 2. The van der Waals surface area contributed by atoms with Gasteiger partial charge in [0.05, 0.1) is 10.5 Å². The highest BCUT2D eigenvalue weighted by Crippen LogP contribution is 2.23.